The molecule has 0 radical (unpaired) electrons. The number of ether oxygens (including phenoxy) is 1. The Kier molecular flexibility index (Phi) is 4.73. The minimum Gasteiger partial charge on any atom is -0.480 e. The Balaban J connectivity index is 1.74. The number of carbonyl (C=O) groups excluding carboxylic acids is 1. The van der Waals surface area contributed by atoms with Crippen LogP contribution in [0.4, 0.5) is 0 Å². The van der Waals surface area contributed by atoms with Gasteiger partial charge in [0.15, 0.2) is 12.4 Å². The predicted octanol–water partition coefficient (Wildman–Crippen LogP) is 3.79. The number of halogens is 2. The highest BCUT2D eigenvalue weighted by molar-refractivity contribution is 14.1. The van der Waals surface area contributed by atoms with E-state index >= 15 is 0 Å². The largest absolute Gasteiger partial charge is 0.480 e. The zero-order valence-electron chi connectivity index (χ0n) is 12.1. The van der Waals surface area contributed by atoms with E-state index < -0.39 is 0 Å². The van der Waals surface area contributed by atoms with Crippen LogP contribution in [0.2, 0.25) is 5.02 Å². The normalized spacial score (nSPS) is 15.6. The number of pyridine rings is 1. The summed E-state index contributed by atoms with van der Waals surface area (Å²) in [5.74, 6) is 1.13. The SMILES string of the molecule is C[C@@H](NC(=O)COc1c(I)cc(Cl)c2cccnc12)C1CC1. The number of hydrogen-bond donors (Lipinski definition) is 1. The third kappa shape index (κ3) is 3.46. The molecular formula is C16H16ClIN2O2. The molecule has 0 saturated heterocycles. The van der Waals surface area contributed by atoms with Gasteiger partial charge in [0.05, 0.1) is 8.59 Å². The topological polar surface area (TPSA) is 51.2 Å². The lowest BCUT2D eigenvalue weighted by atomic mass is 10.2. The molecule has 1 aliphatic carbocycles. The Labute approximate surface area is 147 Å². The van der Waals surface area contributed by atoms with Gasteiger partial charge in [-0.05, 0) is 66.5 Å². The van der Waals surface area contributed by atoms with Crippen LogP contribution in [0.1, 0.15) is 19.8 Å². The first-order chi connectivity index (χ1) is 10.6. The van der Waals surface area contributed by atoms with Gasteiger partial charge in [-0.3, -0.25) is 9.78 Å². The van der Waals surface area contributed by atoms with Crippen molar-refractivity contribution in [3.8, 4) is 5.75 Å². The maximum atomic E-state index is 12.0. The van der Waals surface area contributed by atoms with Crippen LogP contribution in [0.25, 0.3) is 10.9 Å². The average molecular weight is 431 g/mol. The Morgan fingerprint density at radius 2 is 2.36 bits per heavy atom. The van der Waals surface area contributed by atoms with E-state index in [1.165, 1.54) is 12.8 Å². The van der Waals surface area contributed by atoms with Crippen LogP contribution in [-0.4, -0.2) is 23.5 Å². The number of nitrogens with one attached hydrogen (secondary N) is 1. The molecule has 0 bridgehead atoms. The van der Waals surface area contributed by atoms with Crippen LogP contribution in [-0.2, 0) is 4.79 Å². The minimum absolute atomic E-state index is 0.0135. The van der Waals surface area contributed by atoms with Crippen molar-refractivity contribution in [3.63, 3.8) is 0 Å². The molecule has 1 saturated carbocycles. The first-order valence-electron chi connectivity index (χ1n) is 7.21. The number of aromatic nitrogens is 1. The Bertz CT molecular complexity index is 719. The summed E-state index contributed by atoms with van der Waals surface area (Å²) in [5.41, 5.74) is 0.683. The second-order valence-corrected chi connectivity index (χ2v) is 7.12. The molecule has 0 unspecified atom stereocenters. The number of hydrogen-bond acceptors (Lipinski definition) is 3. The summed E-state index contributed by atoms with van der Waals surface area (Å²) in [4.78, 5) is 16.3. The standard InChI is InChI=1S/C16H16ClIN2O2/c1-9(10-4-5-10)20-14(21)8-22-16-13(18)7-12(17)11-3-2-6-19-15(11)16/h2-3,6-7,9-10H,4-5,8H2,1H3,(H,20,21)/t9-/m1/s1. The smallest absolute Gasteiger partial charge is 0.258 e. The van der Waals surface area contributed by atoms with Crippen LogP contribution in [0.5, 0.6) is 5.75 Å². The van der Waals surface area contributed by atoms with Gasteiger partial charge in [0, 0.05) is 17.6 Å². The molecule has 1 atom stereocenters. The van der Waals surface area contributed by atoms with E-state index in [9.17, 15) is 4.79 Å². The van der Waals surface area contributed by atoms with Gasteiger partial charge in [-0.1, -0.05) is 11.6 Å². The maximum absolute atomic E-state index is 12.0. The highest BCUT2D eigenvalue weighted by Gasteiger charge is 2.29. The van der Waals surface area contributed by atoms with Crippen molar-refractivity contribution in [1.29, 1.82) is 0 Å². The van der Waals surface area contributed by atoms with Crippen LogP contribution in [0.15, 0.2) is 24.4 Å². The summed E-state index contributed by atoms with van der Waals surface area (Å²) in [5, 5.41) is 4.43. The fraction of sp³-hybridized carbons (Fsp3) is 0.375. The van der Waals surface area contributed by atoms with Crippen molar-refractivity contribution in [2.75, 3.05) is 6.61 Å². The number of carbonyl (C=O) groups is 1. The van der Waals surface area contributed by atoms with E-state index in [0.717, 1.165) is 8.96 Å². The zero-order chi connectivity index (χ0) is 15.7. The molecule has 6 heteroatoms. The lowest BCUT2D eigenvalue weighted by Crippen LogP contribution is -2.37. The van der Waals surface area contributed by atoms with Gasteiger partial charge >= 0.3 is 0 Å². The second kappa shape index (κ2) is 6.58. The average Bonchev–Trinajstić information content (AvgIpc) is 3.31. The molecule has 0 spiro atoms. The summed E-state index contributed by atoms with van der Waals surface area (Å²) >= 11 is 8.37. The van der Waals surface area contributed by atoms with Crippen LogP contribution in [0.3, 0.4) is 0 Å². The van der Waals surface area contributed by atoms with Crippen LogP contribution >= 0.6 is 34.2 Å². The monoisotopic (exact) mass is 430 g/mol. The van der Waals surface area contributed by atoms with E-state index in [2.05, 4.69) is 32.9 Å². The van der Waals surface area contributed by atoms with Crippen molar-refractivity contribution in [3.05, 3.63) is 33.0 Å². The number of amides is 1. The molecule has 3 rings (SSSR count). The predicted molar refractivity (Wildman–Crippen MR) is 95.3 cm³/mol. The summed E-state index contributed by atoms with van der Waals surface area (Å²) in [6.07, 6.45) is 4.09. The van der Waals surface area contributed by atoms with Crippen molar-refractivity contribution < 1.29 is 9.53 Å². The Morgan fingerprint density at radius 1 is 1.59 bits per heavy atom. The third-order valence-electron chi connectivity index (χ3n) is 3.82. The molecular weight excluding hydrogens is 415 g/mol. The van der Waals surface area contributed by atoms with Gasteiger partial charge in [0.1, 0.15) is 5.52 Å². The summed E-state index contributed by atoms with van der Waals surface area (Å²) in [6, 6.07) is 5.76. The van der Waals surface area contributed by atoms with Gasteiger partial charge in [-0.25, -0.2) is 0 Å². The van der Waals surface area contributed by atoms with Gasteiger partial charge in [0.25, 0.3) is 5.91 Å². The second-order valence-electron chi connectivity index (χ2n) is 5.55. The van der Waals surface area contributed by atoms with E-state index in [0.29, 0.717) is 22.2 Å². The van der Waals surface area contributed by atoms with Gasteiger partial charge in [0.2, 0.25) is 0 Å². The fourth-order valence-corrected chi connectivity index (χ4v) is 3.60. The first kappa shape index (κ1) is 15.8. The molecule has 1 heterocycles. The van der Waals surface area contributed by atoms with Crippen LogP contribution < -0.4 is 10.1 Å². The lowest BCUT2D eigenvalue weighted by Gasteiger charge is -2.15. The van der Waals surface area contributed by atoms with Gasteiger partial charge < -0.3 is 10.1 Å². The first-order valence-corrected chi connectivity index (χ1v) is 8.67. The minimum atomic E-state index is -0.103. The van der Waals surface area contributed by atoms with Crippen molar-refractivity contribution in [2.24, 2.45) is 5.92 Å². The highest BCUT2D eigenvalue weighted by Crippen LogP contribution is 2.35. The highest BCUT2D eigenvalue weighted by atomic mass is 127. The molecule has 1 amide bonds. The zero-order valence-corrected chi connectivity index (χ0v) is 15.0. The fourth-order valence-electron chi connectivity index (χ4n) is 2.43. The molecule has 4 nitrogen and oxygen atoms in total. The number of benzene rings is 1. The molecule has 1 N–H and O–H groups in total. The van der Waals surface area contributed by atoms with Gasteiger partial charge in [-0.15, -0.1) is 0 Å². The third-order valence-corrected chi connectivity index (χ3v) is 4.93. The molecule has 1 aromatic carbocycles. The molecule has 22 heavy (non-hydrogen) atoms. The van der Waals surface area contributed by atoms with Crippen molar-refractivity contribution in [2.45, 2.75) is 25.8 Å². The lowest BCUT2D eigenvalue weighted by molar-refractivity contribution is -0.123. The number of fused-ring (bicyclic) bond motifs is 1. The van der Waals surface area contributed by atoms with Crippen molar-refractivity contribution in [1.82, 2.24) is 10.3 Å². The molecule has 1 aromatic heterocycles. The number of nitrogens with zero attached hydrogens (tertiary/aromatic N) is 1. The maximum Gasteiger partial charge on any atom is 0.258 e. The van der Waals surface area contributed by atoms with E-state index in [1.807, 2.05) is 25.1 Å². The summed E-state index contributed by atoms with van der Waals surface area (Å²) in [6.45, 7) is 2.03. The Hall–Kier alpha value is -1.08. The molecule has 1 fully saturated rings. The molecule has 0 aliphatic heterocycles. The quantitative estimate of drug-likeness (QED) is 0.735. The van der Waals surface area contributed by atoms with Gasteiger partial charge in [-0.2, -0.15) is 0 Å². The van der Waals surface area contributed by atoms with E-state index in [1.54, 1.807) is 6.20 Å². The summed E-state index contributed by atoms with van der Waals surface area (Å²) in [7, 11) is 0. The molecule has 1 aliphatic rings. The van der Waals surface area contributed by atoms with E-state index in [4.69, 9.17) is 16.3 Å². The summed E-state index contributed by atoms with van der Waals surface area (Å²) < 4.78 is 6.57. The molecule has 2 aromatic rings. The van der Waals surface area contributed by atoms with Crippen molar-refractivity contribution >= 4 is 51.0 Å². The van der Waals surface area contributed by atoms with Crippen LogP contribution in [0, 0.1) is 9.49 Å². The number of rotatable bonds is 5. The Morgan fingerprint density at radius 3 is 3.09 bits per heavy atom. The molecule has 116 valence electrons. The van der Waals surface area contributed by atoms with E-state index in [-0.39, 0.29) is 18.6 Å².